The Morgan fingerprint density at radius 3 is 2.50 bits per heavy atom. The van der Waals surface area contributed by atoms with Gasteiger partial charge in [-0.3, -0.25) is 9.59 Å². The number of rotatable bonds is 13. The first-order valence-electron chi connectivity index (χ1n) is 9.13. The van der Waals surface area contributed by atoms with Gasteiger partial charge < -0.3 is 25.2 Å². The molecule has 0 fully saturated rings. The van der Waals surface area contributed by atoms with E-state index in [0.717, 1.165) is 0 Å². The summed E-state index contributed by atoms with van der Waals surface area (Å²) in [5, 5.41) is 13.6. The van der Waals surface area contributed by atoms with Crippen LogP contribution in [-0.2, 0) is 35.2 Å². The van der Waals surface area contributed by atoms with Gasteiger partial charge in [-0.1, -0.05) is 0 Å². The predicted octanol–water partition coefficient (Wildman–Crippen LogP) is -0.0460. The van der Waals surface area contributed by atoms with Crippen molar-refractivity contribution >= 4 is 23.8 Å². The summed E-state index contributed by atoms with van der Waals surface area (Å²) in [4.78, 5) is 66.9. The second kappa shape index (κ2) is 12.9. The minimum atomic E-state index is -5.39. The molecular formula is C16H20F3N5O8. The van der Waals surface area contributed by atoms with Crippen molar-refractivity contribution in [3.8, 4) is 0 Å². The Morgan fingerprint density at radius 1 is 1.19 bits per heavy atom. The molecule has 2 amide bonds. The molecule has 13 nitrogen and oxygen atoms in total. The van der Waals surface area contributed by atoms with Crippen molar-refractivity contribution in [3.63, 3.8) is 0 Å². The number of aromatic nitrogens is 2. The SMILES string of the molecule is O=C(CCCCO[N+](=O)[O-])NCCC(=O)N[C@@H](Cc1c[nH]cn1)C(=O)OC(=O)C(F)(F)F. The fraction of sp³-hybridized carbons (Fsp3) is 0.562. The lowest BCUT2D eigenvalue weighted by atomic mass is 10.1. The maximum atomic E-state index is 12.3. The highest BCUT2D eigenvalue weighted by Crippen LogP contribution is 2.17. The number of alkyl halides is 3. The van der Waals surface area contributed by atoms with Crippen molar-refractivity contribution in [1.29, 1.82) is 0 Å². The minimum Gasteiger partial charge on any atom is -0.385 e. The van der Waals surface area contributed by atoms with Crippen molar-refractivity contribution in [2.75, 3.05) is 13.2 Å². The van der Waals surface area contributed by atoms with Gasteiger partial charge in [0.1, 0.15) is 6.04 Å². The second-order valence-corrected chi connectivity index (χ2v) is 6.20. The molecule has 32 heavy (non-hydrogen) atoms. The minimum absolute atomic E-state index is 0.0242. The van der Waals surface area contributed by atoms with E-state index in [1.165, 1.54) is 12.5 Å². The smallest absolute Gasteiger partial charge is 0.385 e. The third-order valence-electron chi connectivity index (χ3n) is 3.68. The van der Waals surface area contributed by atoms with Gasteiger partial charge >= 0.3 is 18.1 Å². The monoisotopic (exact) mass is 467 g/mol. The topological polar surface area (TPSA) is 183 Å². The standard InChI is InChI=1S/C16H20F3N5O8/c17-16(18,19)15(28)32-14(27)11(7-10-8-20-9-22-10)23-13(26)4-5-21-12(25)3-1-2-6-31-24(29)30/h8-9,11H,1-7H2,(H,20,22)(H,21,25)(H,23,26)/t11-/m0/s1. The van der Waals surface area contributed by atoms with E-state index in [1.807, 2.05) is 0 Å². The Hall–Kier alpha value is -3.72. The number of hydrogen-bond donors (Lipinski definition) is 3. The number of carbonyl (C=O) groups is 4. The second-order valence-electron chi connectivity index (χ2n) is 6.20. The van der Waals surface area contributed by atoms with E-state index in [4.69, 9.17) is 0 Å². The van der Waals surface area contributed by atoms with Gasteiger partial charge in [-0.15, -0.1) is 10.1 Å². The van der Waals surface area contributed by atoms with E-state index < -0.39 is 41.1 Å². The molecule has 178 valence electrons. The molecule has 0 aliphatic carbocycles. The van der Waals surface area contributed by atoms with Crippen molar-refractivity contribution in [1.82, 2.24) is 20.6 Å². The Labute approximate surface area is 178 Å². The van der Waals surface area contributed by atoms with E-state index in [-0.39, 0.29) is 44.5 Å². The zero-order chi connectivity index (χ0) is 24.1. The van der Waals surface area contributed by atoms with Gasteiger partial charge in [0.25, 0.3) is 5.09 Å². The summed E-state index contributed by atoms with van der Waals surface area (Å²) in [6.45, 7) is -0.311. The molecule has 1 atom stereocenters. The molecule has 0 spiro atoms. The number of nitrogens with zero attached hydrogens (tertiary/aromatic N) is 2. The Morgan fingerprint density at radius 2 is 1.91 bits per heavy atom. The van der Waals surface area contributed by atoms with Gasteiger partial charge in [-0.2, -0.15) is 13.2 Å². The number of hydrogen-bond acceptors (Lipinski definition) is 9. The third-order valence-corrected chi connectivity index (χ3v) is 3.68. The van der Waals surface area contributed by atoms with Crippen LogP contribution in [0.1, 0.15) is 31.4 Å². The van der Waals surface area contributed by atoms with Crippen molar-refractivity contribution in [2.45, 2.75) is 44.3 Å². The van der Waals surface area contributed by atoms with Crippen LogP contribution >= 0.6 is 0 Å². The first-order valence-corrected chi connectivity index (χ1v) is 9.13. The van der Waals surface area contributed by atoms with Crippen LogP contribution in [0, 0.1) is 10.1 Å². The summed E-state index contributed by atoms with van der Waals surface area (Å²) in [7, 11) is 0. The molecule has 1 heterocycles. The summed E-state index contributed by atoms with van der Waals surface area (Å²) in [6, 6.07) is -1.63. The normalized spacial score (nSPS) is 11.8. The van der Waals surface area contributed by atoms with Crippen LogP contribution in [0.5, 0.6) is 0 Å². The number of halogens is 3. The molecule has 0 aromatic carbocycles. The van der Waals surface area contributed by atoms with Crippen LogP contribution in [0.4, 0.5) is 13.2 Å². The van der Waals surface area contributed by atoms with E-state index in [9.17, 15) is 42.5 Å². The third kappa shape index (κ3) is 10.9. The first kappa shape index (κ1) is 26.3. The highest BCUT2D eigenvalue weighted by Gasteiger charge is 2.43. The zero-order valence-electron chi connectivity index (χ0n) is 16.5. The zero-order valence-corrected chi connectivity index (χ0v) is 16.5. The van der Waals surface area contributed by atoms with Gasteiger partial charge in [-0.05, 0) is 12.8 Å². The number of esters is 2. The number of imidazole rings is 1. The fourth-order valence-corrected chi connectivity index (χ4v) is 2.22. The van der Waals surface area contributed by atoms with Crippen LogP contribution in [0.2, 0.25) is 0 Å². The summed E-state index contributed by atoms with van der Waals surface area (Å²) in [5.74, 6) is -5.59. The van der Waals surface area contributed by atoms with Crippen LogP contribution in [0.25, 0.3) is 0 Å². The Balaban J connectivity index is 2.47. The Kier molecular flexibility index (Phi) is 10.6. The van der Waals surface area contributed by atoms with Gasteiger partial charge in [0.05, 0.1) is 18.6 Å². The molecule has 0 aliphatic heterocycles. The highest BCUT2D eigenvalue weighted by molar-refractivity contribution is 5.93. The Bertz CT molecular complexity index is 800. The molecule has 1 rings (SSSR count). The van der Waals surface area contributed by atoms with E-state index in [2.05, 4.69) is 30.2 Å². The highest BCUT2D eigenvalue weighted by atomic mass is 19.4. The average molecular weight is 467 g/mol. The molecule has 3 N–H and O–H groups in total. The molecule has 0 unspecified atom stereocenters. The van der Waals surface area contributed by atoms with Gasteiger partial charge in [0, 0.05) is 32.0 Å². The molecule has 0 saturated heterocycles. The fourth-order valence-electron chi connectivity index (χ4n) is 2.22. The lowest BCUT2D eigenvalue weighted by molar-refractivity contribution is -0.757. The molecule has 1 aromatic heterocycles. The van der Waals surface area contributed by atoms with E-state index in [0.29, 0.717) is 6.42 Å². The van der Waals surface area contributed by atoms with Crippen LogP contribution in [0.15, 0.2) is 12.5 Å². The van der Waals surface area contributed by atoms with E-state index in [1.54, 1.807) is 0 Å². The summed E-state index contributed by atoms with van der Waals surface area (Å²) in [5.41, 5.74) is 0.209. The van der Waals surface area contributed by atoms with Crippen LogP contribution < -0.4 is 10.6 Å². The van der Waals surface area contributed by atoms with E-state index >= 15 is 0 Å². The molecule has 0 bridgehead atoms. The summed E-state index contributed by atoms with van der Waals surface area (Å²) < 4.78 is 40.7. The molecule has 0 radical (unpaired) electrons. The molecule has 16 heteroatoms. The number of nitrogens with one attached hydrogen (secondary N) is 3. The average Bonchev–Trinajstić information content (AvgIpc) is 3.19. The lowest BCUT2D eigenvalue weighted by Gasteiger charge is -2.16. The quantitative estimate of drug-likeness (QED) is 0.118. The van der Waals surface area contributed by atoms with Gasteiger partial charge in [0.15, 0.2) is 0 Å². The lowest BCUT2D eigenvalue weighted by Crippen LogP contribution is -2.46. The van der Waals surface area contributed by atoms with Crippen LogP contribution in [0.3, 0.4) is 0 Å². The number of ether oxygens (including phenoxy) is 1. The van der Waals surface area contributed by atoms with Crippen molar-refractivity contribution < 1.29 is 47.0 Å². The van der Waals surface area contributed by atoms with Crippen LogP contribution in [-0.4, -0.2) is 64.2 Å². The number of carbonyl (C=O) groups excluding carboxylic acids is 4. The number of amides is 2. The summed E-state index contributed by atoms with van der Waals surface area (Å²) in [6.07, 6.45) is -2.91. The van der Waals surface area contributed by atoms with Crippen molar-refractivity contribution in [2.24, 2.45) is 0 Å². The molecule has 0 saturated carbocycles. The maximum absolute atomic E-state index is 12.3. The number of H-pyrrole nitrogens is 1. The maximum Gasteiger partial charge on any atom is 0.491 e. The molecule has 1 aromatic rings. The number of aromatic amines is 1. The number of unbranched alkanes of at least 4 members (excludes halogenated alkanes) is 1. The summed E-state index contributed by atoms with van der Waals surface area (Å²) >= 11 is 0. The van der Waals surface area contributed by atoms with Gasteiger partial charge in [0.2, 0.25) is 11.8 Å². The van der Waals surface area contributed by atoms with Crippen molar-refractivity contribution in [3.05, 3.63) is 28.3 Å². The first-order chi connectivity index (χ1) is 15.0. The molecular weight excluding hydrogens is 447 g/mol. The van der Waals surface area contributed by atoms with Gasteiger partial charge in [-0.25, -0.2) is 14.6 Å². The predicted molar refractivity (Wildman–Crippen MR) is 95.8 cm³/mol. The molecule has 0 aliphatic rings. The largest absolute Gasteiger partial charge is 0.491 e.